The van der Waals surface area contributed by atoms with Crippen LogP contribution in [0.15, 0.2) is 48.8 Å². The average Bonchev–Trinajstić information content (AvgIpc) is 2.52. The Labute approximate surface area is 130 Å². The van der Waals surface area contributed by atoms with Gasteiger partial charge in [-0.3, -0.25) is 15.1 Å². The van der Waals surface area contributed by atoms with E-state index in [4.69, 9.17) is 0 Å². The van der Waals surface area contributed by atoms with Gasteiger partial charge in [-0.05, 0) is 39.2 Å². The van der Waals surface area contributed by atoms with Crippen LogP contribution < -0.4 is 4.90 Å². The molecule has 2 rings (SSSR count). The highest BCUT2D eigenvalue weighted by Gasteiger charge is 2.20. The van der Waals surface area contributed by atoms with Gasteiger partial charge in [0.15, 0.2) is 0 Å². The van der Waals surface area contributed by atoms with Gasteiger partial charge in [-0.2, -0.15) is 0 Å². The van der Waals surface area contributed by atoms with E-state index >= 15 is 0 Å². The summed E-state index contributed by atoms with van der Waals surface area (Å²) in [6.07, 6.45) is 3.90. The Morgan fingerprint density at radius 1 is 1.14 bits per heavy atom. The summed E-state index contributed by atoms with van der Waals surface area (Å²) >= 11 is 0. The van der Waals surface area contributed by atoms with Crippen LogP contribution in [0.1, 0.15) is 6.42 Å². The number of nitrogens with zero attached hydrogens (tertiary/aromatic N) is 4. The minimum atomic E-state index is -0.362. The van der Waals surface area contributed by atoms with Crippen LogP contribution in [0.4, 0.5) is 17.1 Å². The maximum atomic E-state index is 11.3. The first-order chi connectivity index (χ1) is 10.6. The van der Waals surface area contributed by atoms with E-state index in [0.29, 0.717) is 12.2 Å². The fourth-order valence-corrected chi connectivity index (χ4v) is 2.28. The molecule has 0 aliphatic carbocycles. The molecule has 116 valence electrons. The number of hydrogen-bond acceptors (Lipinski definition) is 5. The second-order valence-corrected chi connectivity index (χ2v) is 5.27. The molecule has 0 spiro atoms. The molecule has 0 fully saturated rings. The molecule has 1 heterocycles. The van der Waals surface area contributed by atoms with E-state index in [1.54, 1.807) is 6.20 Å². The Kier molecular flexibility index (Phi) is 5.43. The monoisotopic (exact) mass is 300 g/mol. The van der Waals surface area contributed by atoms with E-state index in [1.165, 1.54) is 12.3 Å². The van der Waals surface area contributed by atoms with Gasteiger partial charge in [0.1, 0.15) is 5.69 Å². The Morgan fingerprint density at radius 3 is 2.50 bits per heavy atom. The largest absolute Gasteiger partial charge is 0.335 e. The van der Waals surface area contributed by atoms with Gasteiger partial charge in [-0.15, -0.1) is 0 Å². The molecule has 22 heavy (non-hydrogen) atoms. The minimum Gasteiger partial charge on any atom is -0.335 e. The molecule has 0 amide bonds. The Morgan fingerprint density at radius 2 is 1.86 bits per heavy atom. The SMILES string of the molecule is CN(C)CCCN(c1ccccc1)c1cnccc1[N+](=O)[O-]. The fourth-order valence-electron chi connectivity index (χ4n) is 2.28. The van der Waals surface area contributed by atoms with Crippen LogP contribution in [-0.4, -0.2) is 42.0 Å². The summed E-state index contributed by atoms with van der Waals surface area (Å²) in [5.74, 6) is 0. The van der Waals surface area contributed by atoms with Crippen LogP contribution >= 0.6 is 0 Å². The van der Waals surface area contributed by atoms with Gasteiger partial charge in [0.25, 0.3) is 5.69 Å². The van der Waals surface area contributed by atoms with Gasteiger partial charge in [-0.1, -0.05) is 18.2 Å². The van der Waals surface area contributed by atoms with E-state index in [-0.39, 0.29) is 10.6 Å². The lowest BCUT2D eigenvalue weighted by atomic mass is 10.2. The Balaban J connectivity index is 2.34. The smallest absolute Gasteiger partial charge is 0.296 e. The standard InChI is InChI=1S/C16H20N4O2/c1-18(2)11-6-12-19(14-7-4-3-5-8-14)16-13-17-10-9-15(16)20(21)22/h3-5,7-10,13H,6,11-12H2,1-2H3. The third kappa shape index (κ3) is 4.02. The molecule has 0 unspecified atom stereocenters. The highest BCUT2D eigenvalue weighted by Crippen LogP contribution is 2.32. The summed E-state index contributed by atoms with van der Waals surface area (Å²) in [5.41, 5.74) is 1.53. The lowest BCUT2D eigenvalue weighted by Crippen LogP contribution is -2.23. The lowest BCUT2D eigenvalue weighted by Gasteiger charge is -2.25. The maximum Gasteiger partial charge on any atom is 0.296 e. The van der Waals surface area contributed by atoms with Crippen LogP contribution in [0.3, 0.4) is 0 Å². The van der Waals surface area contributed by atoms with Crippen molar-refractivity contribution in [2.45, 2.75) is 6.42 Å². The zero-order chi connectivity index (χ0) is 15.9. The third-order valence-electron chi connectivity index (χ3n) is 3.32. The summed E-state index contributed by atoms with van der Waals surface area (Å²) < 4.78 is 0. The lowest BCUT2D eigenvalue weighted by molar-refractivity contribution is -0.384. The quantitative estimate of drug-likeness (QED) is 0.581. The summed E-state index contributed by atoms with van der Waals surface area (Å²) in [6, 6.07) is 11.1. The number of nitro groups is 1. The molecule has 0 atom stereocenters. The molecule has 1 aromatic carbocycles. The predicted molar refractivity (Wildman–Crippen MR) is 87.5 cm³/mol. The molecule has 2 aromatic rings. The third-order valence-corrected chi connectivity index (χ3v) is 3.32. The van der Waals surface area contributed by atoms with Crippen molar-refractivity contribution in [2.75, 3.05) is 32.1 Å². The van der Waals surface area contributed by atoms with Gasteiger partial charge in [0.05, 0.1) is 11.1 Å². The molecule has 0 radical (unpaired) electrons. The van der Waals surface area contributed by atoms with Crippen molar-refractivity contribution in [3.63, 3.8) is 0 Å². The van der Waals surface area contributed by atoms with E-state index in [1.807, 2.05) is 49.3 Å². The molecule has 0 aliphatic rings. The number of anilines is 2. The van der Waals surface area contributed by atoms with Crippen molar-refractivity contribution < 1.29 is 4.92 Å². The fraction of sp³-hybridized carbons (Fsp3) is 0.312. The first kappa shape index (κ1) is 15.9. The van der Waals surface area contributed by atoms with Crippen LogP contribution in [0.25, 0.3) is 0 Å². The summed E-state index contributed by atoms with van der Waals surface area (Å²) in [6.45, 7) is 1.60. The highest BCUT2D eigenvalue weighted by molar-refractivity contribution is 5.70. The normalized spacial score (nSPS) is 10.7. The van der Waals surface area contributed by atoms with E-state index in [0.717, 1.165) is 18.7 Å². The van der Waals surface area contributed by atoms with Gasteiger partial charge < -0.3 is 9.80 Å². The van der Waals surface area contributed by atoms with Crippen molar-refractivity contribution >= 4 is 17.1 Å². The number of rotatable bonds is 7. The topological polar surface area (TPSA) is 62.5 Å². The molecule has 6 heteroatoms. The second-order valence-electron chi connectivity index (χ2n) is 5.27. The predicted octanol–water partition coefficient (Wildman–Crippen LogP) is 3.08. The number of pyridine rings is 1. The van der Waals surface area contributed by atoms with Crippen LogP contribution in [0.2, 0.25) is 0 Å². The Bertz CT molecular complexity index is 617. The van der Waals surface area contributed by atoms with Crippen molar-refractivity contribution in [3.8, 4) is 0 Å². The van der Waals surface area contributed by atoms with Gasteiger partial charge in [0, 0.05) is 24.5 Å². The number of benzene rings is 1. The average molecular weight is 300 g/mol. The van der Waals surface area contributed by atoms with Crippen molar-refractivity contribution in [1.29, 1.82) is 0 Å². The molecule has 6 nitrogen and oxygen atoms in total. The molecule has 0 bridgehead atoms. The van der Waals surface area contributed by atoms with Crippen LogP contribution in [0, 0.1) is 10.1 Å². The van der Waals surface area contributed by atoms with Crippen LogP contribution in [-0.2, 0) is 0 Å². The number of aromatic nitrogens is 1. The molecule has 0 N–H and O–H groups in total. The minimum absolute atomic E-state index is 0.0729. The first-order valence-corrected chi connectivity index (χ1v) is 7.15. The van der Waals surface area contributed by atoms with E-state index < -0.39 is 0 Å². The molecule has 1 aromatic heterocycles. The first-order valence-electron chi connectivity index (χ1n) is 7.15. The summed E-state index contributed by atoms with van der Waals surface area (Å²) in [4.78, 5) is 19.0. The molecule has 0 aliphatic heterocycles. The molecular weight excluding hydrogens is 280 g/mol. The highest BCUT2D eigenvalue weighted by atomic mass is 16.6. The van der Waals surface area contributed by atoms with Gasteiger partial charge >= 0.3 is 0 Å². The van der Waals surface area contributed by atoms with Gasteiger partial charge in [-0.25, -0.2) is 0 Å². The zero-order valence-electron chi connectivity index (χ0n) is 12.8. The maximum absolute atomic E-state index is 11.3. The molecule has 0 saturated heterocycles. The van der Waals surface area contributed by atoms with Crippen molar-refractivity contribution in [2.24, 2.45) is 0 Å². The summed E-state index contributed by atoms with van der Waals surface area (Å²) in [5, 5.41) is 11.3. The van der Waals surface area contributed by atoms with E-state index in [2.05, 4.69) is 9.88 Å². The van der Waals surface area contributed by atoms with Gasteiger partial charge in [0.2, 0.25) is 0 Å². The Hall–Kier alpha value is -2.47. The number of hydrogen-bond donors (Lipinski definition) is 0. The molecular formula is C16H20N4O2. The second kappa shape index (κ2) is 7.51. The van der Waals surface area contributed by atoms with E-state index in [9.17, 15) is 10.1 Å². The van der Waals surface area contributed by atoms with Crippen molar-refractivity contribution in [1.82, 2.24) is 9.88 Å². The van der Waals surface area contributed by atoms with Crippen LogP contribution in [0.5, 0.6) is 0 Å². The molecule has 0 saturated carbocycles. The summed E-state index contributed by atoms with van der Waals surface area (Å²) in [7, 11) is 4.03. The zero-order valence-corrected chi connectivity index (χ0v) is 12.8. The van der Waals surface area contributed by atoms with Crippen molar-refractivity contribution in [3.05, 3.63) is 58.9 Å². The number of para-hydroxylation sites is 1.